The van der Waals surface area contributed by atoms with Crippen LogP contribution in [0.25, 0.3) is 10.9 Å². The third-order valence-electron chi connectivity index (χ3n) is 5.01. The van der Waals surface area contributed by atoms with Crippen molar-refractivity contribution in [1.82, 2.24) is 14.9 Å². The van der Waals surface area contributed by atoms with Crippen LogP contribution in [0.1, 0.15) is 30.7 Å². The maximum Gasteiger partial charge on any atom is 0.258 e. The number of hydrogen-bond donors (Lipinski definition) is 1. The summed E-state index contributed by atoms with van der Waals surface area (Å²) in [5.41, 5.74) is 1.64. The van der Waals surface area contributed by atoms with Crippen molar-refractivity contribution in [2.75, 3.05) is 13.2 Å². The highest BCUT2D eigenvalue weighted by Gasteiger charge is 2.23. The second-order valence-corrected chi connectivity index (χ2v) is 7.85. The Morgan fingerprint density at radius 2 is 2.21 bits per heavy atom. The largest absolute Gasteiger partial charge is 0.376 e. The van der Waals surface area contributed by atoms with E-state index in [0.717, 1.165) is 19.4 Å². The average molecular weight is 398 g/mol. The standard InChI is InChI=1S/C21H23N3O3S/c25-20(8-7-15-9-11-28-14-15)24(12-16-4-3-10-27-16)13-19-22-18-6-2-1-5-17(18)21(26)23-19/h1-2,5-6,9,11,14,16H,3-4,7-8,10,12-13H2,(H,22,23,26)/t16-/m1/s1. The summed E-state index contributed by atoms with van der Waals surface area (Å²) in [4.78, 5) is 34.4. The molecule has 0 bridgehead atoms. The Morgan fingerprint density at radius 1 is 1.32 bits per heavy atom. The van der Waals surface area contributed by atoms with Gasteiger partial charge in [-0.1, -0.05) is 12.1 Å². The van der Waals surface area contributed by atoms with Crippen LogP contribution in [0.3, 0.4) is 0 Å². The van der Waals surface area contributed by atoms with Crippen LogP contribution < -0.4 is 5.56 Å². The van der Waals surface area contributed by atoms with E-state index in [1.807, 2.05) is 29.6 Å². The summed E-state index contributed by atoms with van der Waals surface area (Å²) in [5, 5.41) is 4.65. The number of ether oxygens (including phenoxy) is 1. The SMILES string of the molecule is O=C(CCc1ccsc1)N(Cc1nc2ccccc2c(=O)[nH]1)C[C@H]1CCCO1. The lowest BCUT2D eigenvalue weighted by molar-refractivity contribution is -0.133. The van der Waals surface area contributed by atoms with Gasteiger partial charge < -0.3 is 14.6 Å². The monoisotopic (exact) mass is 397 g/mol. The van der Waals surface area contributed by atoms with Crippen LogP contribution in [-0.4, -0.2) is 40.0 Å². The zero-order valence-electron chi connectivity index (χ0n) is 15.6. The quantitative estimate of drug-likeness (QED) is 0.665. The van der Waals surface area contributed by atoms with Crippen LogP contribution in [0.15, 0.2) is 45.9 Å². The van der Waals surface area contributed by atoms with E-state index in [2.05, 4.69) is 15.3 Å². The minimum absolute atomic E-state index is 0.0530. The highest BCUT2D eigenvalue weighted by molar-refractivity contribution is 7.07. The van der Waals surface area contributed by atoms with Crippen molar-refractivity contribution in [1.29, 1.82) is 0 Å². The minimum atomic E-state index is -0.177. The van der Waals surface area contributed by atoms with E-state index >= 15 is 0 Å². The maximum atomic E-state index is 12.9. The number of thiophene rings is 1. The summed E-state index contributed by atoms with van der Waals surface area (Å²) in [6.45, 7) is 1.55. The van der Waals surface area contributed by atoms with Gasteiger partial charge >= 0.3 is 0 Å². The van der Waals surface area contributed by atoms with E-state index in [1.165, 1.54) is 5.56 Å². The first-order valence-electron chi connectivity index (χ1n) is 9.57. The Morgan fingerprint density at radius 3 is 3.00 bits per heavy atom. The third kappa shape index (κ3) is 4.48. The van der Waals surface area contributed by atoms with Crippen LogP contribution in [0, 0.1) is 0 Å². The van der Waals surface area contributed by atoms with Gasteiger partial charge in [-0.3, -0.25) is 9.59 Å². The number of H-pyrrole nitrogens is 1. The van der Waals surface area contributed by atoms with Crippen LogP contribution in [0.4, 0.5) is 0 Å². The van der Waals surface area contributed by atoms with E-state index in [4.69, 9.17) is 4.74 Å². The molecule has 3 heterocycles. The molecule has 4 rings (SSSR count). The average Bonchev–Trinajstić information content (AvgIpc) is 3.40. The summed E-state index contributed by atoms with van der Waals surface area (Å²) in [6, 6.07) is 9.29. The number of carbonyl (C=O) groups excluding carboxylic acids is 1. The fourth-order valence-electron chi connectivity index (χ4n) is 3.52. The molecule has 146 valence electrons. The summed E-state index contributed by atoms with van der Waals surface area (Å²) >= 11 is 1.64. The Balaban J connectivity index is 1.52. The number of aromatic nitrogens is 2. The van der Waals surface area contributed by atoms with E-state index in [9.17, 15) is 9.59 Å². The first-order valence-corrected chi connectivity index (χ1v) is 10.5. The summed E-state index contributed by atoms with van der Waals surface area (Å²) in [6.07, 6.45) is 3.17. The molecule has 6 nitrogen and oxygen atoms in total. The van der Waals surface area contributed by atoms with Crippen molar-refractivity contribution in [3.05, 3.63) is 62.8 Å². The Kier molecular flexibility index (Phi) is 5.83. The Bertz CT molecular complexity index is 994. The van der Waals surface area contributed by atoms with Crippen molar-refractivity contribution in [2.45, 2.75) is 38.3 Å². The van der Waals surface area contributed by atoms with Gasteiger partial charge in [0.25, 0.3) is 5.56 Å². The van der Waals surface area contributed by atoms with Gasteiger partial charge in [-0.05, 0) is 53.8 Å². The Labute approximate surface area is 167 Å². The molecule has 2 aromatic heterocycles. The maximum absolute atomic E-state index is 12.9. The summed E-state index contributed by atoms with van der Waals surface area (Å²) in [5.74, 6) is 0.558. The molecule has 7 heteroatoms. The molecular weight excluding hydrogens is 374 g/mol. The molecule has 1 aromatic carbocycles. The number of amides is 1. The van der Waals surface area contributed by atoms with Gasteiger partial charge in [0.15, 0.2) is 0 Å². The van der Waals surface area contributed by atoms with Gasteiger partial charge in [-0.25, -0.2) is 4.98 Å². The highest BCUT2D eigenvalue weighted by Crippen LogP contribution is 2.17. The zero-order valence-corrected chi connectivity index (χ0v) is 16.4. The predicted molar refractivity (Wildman–Crippen MR) is 109 cm³/mol. The summed E-state index contributed by atoms with van der Waals surface area (Å²) < 4.78 is 5.73. The molecule has 3 aromatic rings. The molecule has 1 aliphatic rings. The van der Waals surface area contributed by atoms with Gasteiger partial charge in [0.05, 0.1) is 23.6 Å². The number of nitrogens with one attached hydrogen (secondary N) is 1. The van der Waals surface area contributed by atoms with Gasteiger partial charge in [-0.2, -0.15) is 11.3 Å². The molecule has 1 amide bonds. The smallest absolute Gasteiger partial charge is 0.258 e. The molecule has 1 aliphatic heterocycles. The third-order valence-corrected chi connectivity index (χ3v) is 5.74. The number of carbonyl (C=O) groups is 1. The van der Waals surface area contributed by atoms with Crippen LogP contribution in [-0.2, 0) is 22.5 Å². The number of nitrogens with zero attached hydrogens (tertiary/aromatic N) is 2. The number of fused-ring (bicyclic) bond motifs is 1. The number of benzene rings is 1. The molecule has 0 unspecified atom stereocenters. The highest BCUT2D eigenvalue weighted by atomic mass is 32.1. The molecule has 1 saturated heterocycles. The lowest BCUT2D eigenvalue weighted by Crippen LogP contribution is -2.38. The first-order chi connectivity index (χ1) is 13.7. The molecule has 1 atom stereocenters. The number of aromatic amines is 1. The minimum Gasteiger partial charge on any atom is -0.376 e. The molecule has 1 N–H and O–H groups in total. The van der Waals surface area contributed by atoms with E-state index in [-0.39, 0.29) is 24.1 Å². The van der Waals surface area contributed by atoms with Gasteiger partial charge in [0.2, 0.25) is 5.91 Å². The van der Waals surface area contributed by atoms with Crippen LogP contribution in [0.2, 0.25) is 0 Å². The summed E-state index contributed by atoms with van der Waals surface area (Å²) in [7, 11) is 0. The molecule has 0 saturated carbocycles. The fraction of sp³-hybridized carbons (Fsp3) is 0.381. The predicted octanol–water partition coefficient (Wildman–Crippen LogP) is 3.13. The second-order valence-electron chi connectivity index (χ2n) is 7.07. The van der Waals surface area contributed by atoms with E-state index in [1.54, 1.807) is 22.3 Å². The van der Waals surface area contributed by atoms with Crippen molar-refractivity contribution in [3.8, 4) is 0 Å². The second kappa shape index (κ2) is 8.67. The fourth-order valence-corrected chi connectivity index (χ4v) is 4.23. The van der Waals surface area contributed by atoms with Crippen molar-refractivity contribution >= 4 is 28.1 Å². The van der Waals surface area contributed by atoms with Crippen molar-refractivity contribution in [2.24, 2.45) is 0 Å². The van der Waals surface area contributed by atoms with E-state index < -0.39 is 0 Å². The number of para-hydroxylation sites is 1. The van der Waals surface area contributed by atoms with Gasteiger partial charge in [0.1, 0.15) is 5.82 Å². The van der Waals surface area contributed by atoms with E-state index in [0.29, 0.717) is 36.1 Å². The van der Waals surface area contributed by atoms with Gasteiger partial charge in [-0.15, -0.1) is 0 Å². The van der Waals surface area contributed by atoms with Crippen molar-refractivity contribution < 1.29 is 9.53 Å². The zero-order chi connectivity index (χ0) is 19.3. The lowest BCUT2D eigenvalue weighted by Gasteiger charge is -2.25. The van der Waals surface area contributed by atoms with Gasteiger partial charge in [0, 0.05) is 19.6 Å². The first kappa shape index (κ1) is 18.8. The van der Waals surface area contributed by atoms with Crippen LogP contribution >= 0.6 is 11.3 Å². The van der Waals surface area contributed by atoms with Crippen LogP contribution in [0.5, 0.6) is 0 Å². The number of hydrogen-bond acceptors (Lipinski definition) is 5. The molecular formula is C21H23N3O3S. The number of aryl methyl sites for hydroxylation is 1. The van der Waals surface area contributed by atoms with Crippen molar-refractivity contribution in [3.63, 3.8) is 0 Å². The molecule has 0 aliphatic carbocycles. The molecule has 1 fully saturated rings. The molecule has 28 heavy (non-hydrogen) atoms. The number of rotatable bonds is 7. The Hall–Kier alpha value is -2.51. The molecule has 0 radical (unpaired) electrons. The topological polar surface area (TPSA) is 75.3 Å². The lowest BCUT2D eigenvalue weighted by atomic mass is 10.1. The normalized spacial score (nSPS) is 16.5. The molecule has 0 spiro atoms.